The lowest BCUT2D eigenvalue weighted by molar-refractivity contribution is 0.207. The van der Waals surface area contributed by atoms with E-state index in [0.29, 0.717) is 12.4 Å². The van der Waals surface area contributed by atoms with Crippen molar-refractivity contribution in [1.29, 1.82) is 0 Å². The van der Waals surface area contributed by atoms with Gasteiger partial charge in [-0.3, -0.25) is 0 Å². The van der Waals surface area contributed by atoms with E-state index in [1.165, 1.54) is 25.7 Å². The molecule has 2 rings (SSSR count). The average Bonchev–Trinajstić information content (AvgIpc) is 2.69. The minimum atomic E-state index is 0.0741. The zero-order chi connectivity index (χ0) is 10.7. The molecule has 2 unspecified atom stereocenters. The van der Waals surface area contributed by atoms with Gasteiger partial charge in [-0.25, -0.2) is 4.79 Å². The minimum Gasteiger partial charge on any atom is -0.337 e. The first-order chi connectivity index (χ1) is 7.31. The van der Waals surface area contributed by atoms with Crippen LogP contribution in [-0.4, -0.2) is 36.4 Å². The molecule has 0 spiro atoms. The number of nitrogens with zero attached hydrogens (tertiary/aromatic N) is 1. The maximum absolute atomic E-state index is 11.7. The molecule has 86 valence electrons. The first-order valence-electron chi connectivity index (χ1n) is 5.90. The Morgan fingerprint density at radius 3 is 2.40 bits per heavy atom. The lowest BCUT2D eigenvalue weighted by Gasteiger charge is -2.22. The molecule has 0 aromatic carbocycles. The van der Waals surface area contributed by atoms with Gasteiger partial charge in [-0.15, -0.1) is 11.6 Å². The van der Waals surface area contributed by atoms with E-state index >= 15 is 0 Å². The molecule has 0 aromatic heterocycles. The van der Waals surface area contributed by atoms with Crippen LogP contribution in [0.3, 0.4) is 0 Å². The molecule has 1 saturated heterocycles. The molecule has 2 fully saturated rings. The number of fused-ring (bicyclic) bond motifs is 1. The van der Waals surface area contributed by atoms with Crippen molar-refractivity contribution >= 4 is 17.6 Å². The first kappa shape index (κ1) is 11.1. The van der Waals surface area contributed by atoms with Gasteiger partial charge in [0.15, 0.2) is 0 Å². The van der Waals surface area contributed by atoms with Crippen molar-refractivity contribution in [2.45, 2.75) is 25.7 Å². The Labute approximate surface area is 96.2 Å². The molecule has 1 N–H and O–H groups in total. The Bertz CT molecular complexity index is 221. The fourth-order valence-corrected chi connectivity index (χ4v) is 2.93. The summed E-state index contributed by atoms with van der Waals surface area (Å²) in [5.41, 5.74) is 0. The smallest absolute Gasteiger partial charge is 0.317 e. The van der Waals surface area contributed by atoms with E-state index in [2.05, 4.69) is 5.32 Å². The largest absolute Gasteiger partial charge is 0.337 e. The first-order valence-corrected chi connectivity index (χ1v) is 6.43. The summed E-state index contributed by atoms with van der Waals surface area (Å²) in [4.78, 5) is 13.7. The molecule has 2 aliphatic rings. The van der Waals surface area contributed by atoms with Gasteiger partial charge in [0.1, 0.15) is 0 Å². The Morgan fingerprint density at radius 1 is 1.27 bits per heavy atom. The van der Waals surface area contributed by atoms with Gasteiger partial charge in [0.05, 0.1) is 0 Å². The number of likely N-dealkylation sites (tertiary alicyclic amines) is 1. The van der Waals surface area contributed by atoms with Gasteiger partial charge in [0.2, 0.25) is 0 Å². The molecule has 1 heterocycles. The van der Waals surface area contributed by atoms with Gasteiger partial charge in [-0.05, 0) is 24.7 Å². The van der Waals surface area contributed by atoms with Crippen LogP contribution in [0.4, 0.5) is 4.79 Å². The number of carbonyl (C=O) groups is 1. The number of nitrogens with one attached hydrogen (secondary N) is 1. The predicted octanol–water partition coefficient (Wildman–Crippen LogP) is 2.06. The van der Waals surface area contributed by atoms with Crippen LogP contribution in [0.1, 0.15) is 25.7 Å². The summed E-state index contributed by atoms with van der Waals surface area (Å²) in [7, 11) is 0. The topological polar surface area (TPSA) is 32.3 Å². The summed E-state index contributed by atoms with van der Waals surface area (Å²) < 4.78 is 0. The minimum absolute atomic E-state index is 0.0741. The van der Waals surface area contributed by atoms with E-state index in [-0.39, 0.29) is 6.03 Å². The van der Waals surface area contributed by atoms with Gasteiger partial charge in [0, 0.05) is 25.5 Å². The average molecular weight is 231 g/mol. The van der Waals surface area contributed by atoms with E-state index in [1.54, 1.807) is 0 Å². The van der Waals surface area contributed by atoms with Crippen LogP contribution in [-0.2, 0) is 0 Å². The Balaban J connectivity index is 1.82. The van der Waals surface area contributed by atoms with Crippen molar-refractivity contribution in [2.24, 2.45) is 11.8 Å². The number of hydrogen-bond acceptors (Lipinski definition) is 1. The molecular formula is C11H19ClN2O. The molecule has 1 aliphatic heterocycles. The molecule has 2 atom stereocenters. The molecule has 2 amide bonds. The third kappa shape index (κ3) is 2.57. The maximum atomic E-state index is 11.7. The van der Waals surface area contributed by atoms with E-state index in [4.69, 9.17) is 11.6 Å². The maximum Gasteiger partial charge on any atom is 0.317 e. The summed E-state index contributed by atoms with van der Waals surface area (Å²) in [6, 6.07) is 0.0741. The van der Waals surface area contributed by atoms with Gasteiger partial charge in [0.25, 0.3) is 0 Å². The summed E-state index contributed by atoms with van der Waals surface area (Å²) in [5, 5.41) is 2.84. The quantitative estimate of drug-likeness (QED) is 0.724. The summed E-state index contributed by atoms with van der Waals surface area (Å²) in [6.45, 7) is 2.49. The molecular weight excluding hydrogens is 212 g/mol. The molecule has 3 nitrogen and oxygen atoms in total. The molecule has 0 aromatic rings. The fraction of sp³-hybridized carbons (Fsp3) is 0.909. The van der Waals surface area contributed by atoms with Gasteiger partial charge < -0.3 is 10.2 Å². The SMILES string of the molecule is O=C(NCCCl)N1CC2CCCCC2C1. The highest BCUT2D eigenvalue weighted by Crippen LogP contribution is 2.35. The second-order valence-electron chi connectivity index (χ2n) is 4.63. The van der Waals surface area contributed by atoms with Crippen LogP contribution in [0.5, 0.6) is 0 Å². The number of halogens is 1. The number of carbonyl (C=O) groups excluding carboxylic acids is 1. The van der Waals surface area contributed by atoms with Crippen molar-refractivity contribution in [2.75, 3.05) is 25.5 Å². The number of alkyl halides is 1. The van der Waals surface area contributed by atoms with Crippen molar-refractivity contribution in [3.63, 3.8) is 0 Å². The molecule has 1 aliphatic carbocycles. The second-order valence-corrected chi connectivity index (χ2v) is 5.01. The molecule has 0 radical (unpaired) electrons. The third-order valence-electron chi connectivity index (χ3n) is 3.63. The number of urea groups is 1. The Morgan fingerprint density at radius 2 is 1.87 bits per heavy atom. The highest BCUT2D eigenvalue weighted by atomic mass is 35.5. The lowest BCUT2D eigenvalue weighted by Crippen LogP contribution is -2.39. The van der Waals surface area contributed by atoms with E-state index in [0.717, 1.165) is 24.9 Å². The Kier molecular flexibility index (Phi) is 3.73. The fourth-order valence-electron chi connectivity index (χ4n) is 2.84. The van der Waals surface area contributed by atoms with Crippen LogP contribution in [0.2, 0.25) is 0 Å². The van der Waals surface area contributed by atoms with Gasteiger partial charge in [-0.2, -0.15) is 0 Å². The van der Waals surface area contributed by atoms with E-state index in [9.17, 15) is 4.79 Å². The van der Waals surface area contributed by atoms with Crippen molar-refractivity contribution in [3.05, 3.63) is 0 Å². The molecule has 0 bridgehead atoms. The van der Waals surface area contributed by atoms with Crippen LogP contribution in [0, 0.1) is 11.8 Å². The summed E-state index contributed by atoms with van der Waals surface area (Å²) in [6.07, 6.45) is 5.31. The number of rotatable bonds is 2. The summed E-state index contributed by atoms with van der Waals surface area (Å²) >= 11 is 5.54. The number of amides is 2. The van der Waals surface area contributed by atoms with Crippen molar-refractivity contribution < 1.29 is 4.79 Å². The Hall–Kier alpha value is -0.440. The van der Waals surface area contributed by atoms with Gasteiger partial charge >= 0.3 is 6.03 Å². The van der Waals surface area contributed by atoms with Crippen LogP contribution < -0.4 is 5.32 Å². The molecule has 15 heavy (non-hydrogen) atoms. The third-order valence-corrected chi connectivity index (χ3v) is 3.82. The molecule has 4 heteroatoms. The normalized spacial score (nSPS) is 30.1. The number of hydrogen-bond donors (Lipinski definition) is 1. The van der Waals surface area contributed by atoms with E-state index < -0.39 is 0 Å². The van der Waals surface area contributed by atoms with Crippen molar-refractivity contribution in [3.8, 4) is 0 Å². The standard InChI is InChI=1S/C11H19ClN2O/c12-5-6-13-11(15)14-7-9-3-1-2-4-10(9)8-14/h9-10H,1-8H2,(H,13,15). The van der Waals surface area contributed by atoms with Crippen LogP contribution >= 0.6 is 11.6 Å². The highest BCUT2D eigenvalue weighted by Gasteiger charge is 2.36. The van der Waals surface area contributed by atoms with Crippen molar-refractivity contribution in [1.82, 2.24) is 10.2 Å². The zero-order valence-electron chi connectivity index (χ0n) is 9.04. The second kappa shape index (κ2) is 5.06. The van der Waals surface area contributed by atoms with Gasteiger partial charge in [-0.1, -0.05) is 12.8 Å². The zero-order valence-corrected chi connectivity index (χ0v) is 9.80. The lowest BCUT2D eigenvalue weighted by atomic mass is 9.82. The van der Waals surface area contributed by atoms with Crippen LogP contribution in [0.25, 0.3) is 0 Å². The van der Waals surface area contributed by atoms with E-state index in [1.807, 2.05) is 4.90 Å². The molecule has 1 saturated carbocycles. The monoisotopic (exact) mass is 230 g/mol. The highest BCUT2D eigenvalue weighted by molar-refractivity contribution is 6.18. The van der Waals surface area contributed by atoms with Crippen LogP contribution in [0.15, 0.2) is 0 Å². The predicted molar refractivity (Wildman–Crippen MR) is 61.1 cm³/mol. The summed E-state index contributed by atoms with van der Waals surface area (Å²) in [5.74, 6) is 2.02.